The van der Waals surface area contributed by atoms with Crippen molar-refractivity contribution in [2.45, 2.75) is 33.3 Å². The number of imide groups is 1. The number of nitrogens with zero attached hydrogens (tertiary/aromatic N) is 1. The summed E-state index contributed by atoms with van der Waals surface area (Å²) >= 11 is 17.1. The highest BCUT2D eigenvalue weighted by molar-refractivity contribution is 9.10. The van der Waals surface area contributed by atoms with Crippen molar-refractivity contribution in [1.82, 2.24) is 4.90 Å². The molecule has 0 saturated carbocycles. The first-order valence-corrected chi connectivity index (χ1v) is 14.3. The summed E-state index contributed by atoms with van der Waals surface area (Å²) in [4.78, 5) is 27.1. The maximum absolute atomic E-state index is 13.0. The van der Waals surface area contributed by atoms with E-state index in [4.69, 9.17) is 32.7 Å². The van der Waals surface area contributed by atoms with Crippen molar-refractivity contribution in [1.29, 1.82) is 0 Å². The average Bonchev–Trinajstić information content (AvgIpc) is 3.11. The van der Waals surface area contributed by atoms with E-state index in [0.717, 1.165) is 34.2 Å². The summed E-state index contributed by atoms with van der Waals surface area (Å²) in [6, 6.07) is 17.0. The largest absolute Gasteiger partial charge is 0.491 e. The fourth-order valence-corrected chi connectivity index (χ4v) is 5.94. The summed E-state index contributed by atoms with van der Waals surface area (Å²) in [5.74, 6) is 1.18. The first kappa shape index (κ1) is 28.6. The van der Waals surface area contributed by atoms with Crippen molar-refractivity contribution in [2.75, 3.05) is 13.2 Å². The zero-order valence-electron chi connectivity index (χ0n) is 21.1. The Morgan fingerprint density at radius 3 is 2.50 bits per heavy atom. The third kappa shape index (κ3) is 6.75. The van der Waals surface area contributed by atoms with Crippen LogP contribution in [0.15, 0.2) is 64.0 Å². The van der Waals surface area contributed by atoms with Gasteiger partial charge in [0.1, 0.15) is 19.0 Å². The normalized spacial score (nSPS) is 14.6. The Morgan fingerprint density at radius 1 is 1.03 bits per heavy atom. The molecule has 1 fully saturated rings. The SMILES string of the molecule is Cc1ccc(C(C)C)c(OCCN2C(=O)S/C(=C\c3cc(Cl)c(OCc4ccccc4Cl)c(Br)c3)C2=O)c1. The number of ether oxygens (including phenoxy) is 2. The quantitative estimate of drug-likeness (QED) is 0.220. The summed E-state index contributed by atoms with van der Waals surface area (Å²) in [5.41, 5.74) is 3.67. The summed E-state index contributed by atoms with van der Waals surface area (Å²) in [5, 5.41) is 0.643. The van der Waals surface area contributed by atoms with Gasteiger partial charge in [-0.25, -0.2) is 0 Å². The highest BCUT2D eigenvalue weighted by Crippen LogP contribution is 2.38. The maximum Gasteiger partial charge on any atom is 0.293 e. The lowest BCUT2D eigenvalue weighted by Gasteiger charge is -2.17. The first-order valence-electron chi connectivity index (χ1n) is 12.0. The van der Waals surface area contributed by atoms with Gasteiger partial charge in [-0.15, -0.1) is 0 Å². The van der Waals surface area contributed by atoms with Crippen LogP contribution in [0.25, 0.3) is 6.08 Å². The highest BCUT2D eigenvalue weighted by atomic mass is 79.9. The molecule has 2 amide bonds. The molecule has 3 aromatic rings. The van der Waals surface area contributed by atoms with Crippen molar-refractivity contribution in [2.24, 2.45) is 0 Å². The third-order valence-corrected chi connectivity index (χ3v) is 8.03. The van der Waals surface area contributed by atoms with Gasteiger partial charge in [0.2, 0.25) is 0 Å². The number of halogens is 3. The van der Waals surface area contributed by atoms with E-state index in [1.807, 2.05) is 37.3 Å². The molecule has 4 rings (SSSR count). The van der Waals surface area contributed by atoms with Crippen molar-refractivity contribution in [3.63, 3.8) is 0 Å². The molecule has 38 heavy (non-hydrogen) atoms. The Labute approximate surface area is 245 Å². The van der Waals surface area contributed by atoms with Crippen LogP contribution in [0.5, 0.6) is 11.5 Å². The molecular weight excluding hydrogens is 609 g/mol. The van der Waals surface area contributed by atoms with Crippen LogP contribution in [0.4, 0.5) is 4.79 Å². The van der Waals surface area contributed by atoms with Gasteiger partial charge < -0.3 is 9.47 Å². The van der Waals surface area contributed by atoms with E-state index >= 15 is 0 Å². The van der Waals surface area contributed by atoms with Gasteiger partial charge in [-0.3, -0.25) is 14.5 Å². The Balaban J connectivity index is 1.42. The monoisotopic (exact) mass is 633 g/mol. The molecule has 0 radical (unpaired) electrons. The van der Waals surface area contributed by atoms with Crippen LogP contribution in [-0.4, -0.2) is 29.2 Å². The number of carbonyl (C=O) groups is 2. The summed E-state index contributed by atoms with van der Waals surface area (Å²) in [7, 11) is 0. The van der Waals surface area contributed by atoms with E-state index in [9.17, 15) is 9.59 Å². The van der Waals surface area contributed by atoms with Crippen LogP contribution in [0.3, 0.4) is 0 Å². The van der Waals surface area contributed by atoms with E-state index in [0.29, 0.717) is 36.7 Å². The number of thioether (sulfide) groups is 1. The van der Waals surface area contributed by atoms with Crippen molar-refractivity contribution < 1.29 is 19.1 Å². The molecule has 5 nitrogen and oxygen atoms in total. The minimum atomic E-state index is -0.358. The fraction of sp³-hybridized carbons (Fsp3) is 0.241. The van der Waals surface area contributed by atoms with E-state index < -0.39 is 0 Å². The lowest BCUT2D eigenvalue weighted by molar-refractivity contribution is -0.123. The van der Waals surface area contributed by atoms with Crippen LogP contribution in [0.1, 0.15) is 42.0 Å². The first-order chi connectivity index (χ1) is 18.1. The van der Waals surface area contributed by atoms with Crippen LogP contribution >= 0.6 is 50.9 Å². The molecule has 0 unspecified atom stereocenters. The standard InChI is InChI=1S/C29H26BrCl2NO4S/c1-17(2)21-9-8-18(3)12-25(21)36-11-10-33-28(34)26(38-29(33)35)15-19-13-22(30)27(24(32)14-19)37-16-20-6-4-5-7-23(20)31/h4-9,12-15,17H,10-11,16H2,1-3H3/b26-15-. The van der Waals surface area contributed by atoms with E-state index in [-0.39, 0.29) is 30.9 Å². The Kier molecular flexibility index (Phi) is 9.47. The number of rotatable bonds is 9. The van der Waals surface area contributed by atoms with E-state index in [2.05, 4.69) is 35.8 Å². The van der Waals surface area contributed by atoms with Crippen LogP contribution < -0.4 is 9.47 Å². The van der Waals surface area contributed by atoms with Gasteiger partial charge in [-0.1, -0.05) is 67.4 Å². The molecule has 1 aliphatic heterocycles. The molecule has 0 aromatic heterocycles. The molecule has 198 valence electrons. The second-order valence-corrected chi connectivity index (χ2v) is 11.7. The number of aryl methyl sites for hydroxylation is 1. The van der Waals surface area contributed by atoms with Gasteiger partial charge in [0, 0.05) is 10.6 Å². The molecule has 0 spiro atoms. The smallest absolute Gasteiger partial charge is 0.293 e. The lowest BCUT2D eigenvalue weighted by Crippen LogP contribution is -2.32. The van der Waals surface area contributed by atoms with Crippen LogP contribution in [0, 0.1) is 6.92 Å². The lowest BCUT2D eigenvalue weighted by atomic mass is 10.0. The van der Waals surface area contributed by atoms with Gasteiger partial charge in [-0.05, 0) is 87.6 Å². The number of benzene rings is 3. The maximum atomic E-state index is 13.0. The predicted molar refractivity (Wildman–Crippen MR) is 158 cm³/mol. The van der Waals surface area contributed by atoms with Crippen molar-refractivity contribution in [3.05, 3.63) is 96.3 Å². The molecule has 9 heteroatoms. The predicted octanol–water partition coefficient (Wildman–Crippen LogP) is 8.88. The van der Waals surface area contributed by atoms with Crippen LogP contribution in [0.2, 0.25) is 10.0 Å². The molecule has 1 saturated heterocycles. The number of amides is 2. The molecule has 0 atom stereocenters. The zero-order chi connectivity index (χ0) is 27.4. The van der Waals surface area contributed by atoms with E-state index in [1.165, 1.54) is 4.90 Å². The van der Waals surface area contributed by atoms with Gasteiger partial charge in [0.05, 0.1) is 20.9 Å². The Bertz CT molecular complexity index is 1390. The molecule has 0 bridgehead atoms. The van der Waals surface area contributed by atoms with Gasteiger partial charge in [0.25, 0.3) is 11.1 Å². The number of carbonyl (C=O) groups excluding carboxylic acids is 2. The summed E-state index contributed by atoms with van der Waals surface area (Å²) in [6.07, 6.45) is 1.65. The van der Waals surface area contributed by atoms with Crippen LogP contribution in [-0.2, 0) is 11.4 Å². The van der Waals surface area contributed by atoms with Gasteiger partial charge >= 0.3 is 0 Å². The van der Waals surface area contributed by atoms with Crippen molar-refractivity contribution >= 4 is 68.1 Å². The van der Waals surface area contributed by atoms with Gasteiger partial charge in [0.15, 0.2) is 5.75 Å². The topological polar surface area (TPSA) is 55.8 Å². The van der Waals surface area contributed by atoms with Gasteiger partial charge in [-0.2, -0.15) is 0 Å². The molecule has 0 N–H and O–H groups in total. The molecule has 1 aliphatic rings. The highest BCUT2D eigenvalue weighted by Gasteiger charge is 2.35. The minimum Gasteiger partial charge on any atom is -0.491 e. The average molecular weight is 635 g/mol. The van der Waals surface area contributed by atoms with Crippen molar-refractivity contribution in [3.8, 4) is 11.5 Å². The Hall–Kier alpha value is -2.45. The number of hydrogen-bond donors (Lipinski definition) is 0. The third-order valence-electron chi connectivity index (χ3n) is 5.89. The minimum absolute atomic E-state index is 0.159. The molecular formula is C29H26BrCl2NO4S. The fourth-order valence-electron chi connectivity index (χ4n) is 3.90. The zero-order valence-corrected chi connectivity index (χ0v) is 25.0. The second kappa shape index (κ2) is 12.6. The second-order valence-electron chi connectivity index (χ2n) is 9.07. The molecule has 0 aliphatic carbocycles. The Morgan fingerprint density at radius 2 is 1.79 bits per heavy atom. The number of hydrogen-bond acceptors (Lipinski definition) is 5. The summed E-state index contributed by atoms with van der Waals surface area (Å²) in [6.45, 7) is 6.82. The summed E-state index contributed by atoms with van der Waals surface area (Å²) < 4.78 is 12.5. The molecule has 1 heterocycles. The molecule has 3 aromatic carbocycles. The van der Waals surface area contributed by atoms with E-state index in [1.54, 1.807) is 24.3 Å².